The van der Waals surface area contributed by atoms with E-state index in [0.717, 1.165) is 11.1 Å². The van der Waals surface area contributed by atoms with Gasteiger partial charge in [0.2, 0.25) is 11.8 Å². The number of phenolic OH excluding ortho intramolecular Hbond substituents is 1. The lowest BCUT2D eigenvalue weighted by Gasteiger charge is -2.55. The Labute approximate surface area is 284 Å². The molecule has 1 N–H and O–H groups in total. The van der Waals surface area contributed by atoms with Crippen molar-refractivity contribution in [2.75, 3.05) is 7.11 Å². The molecule has 49 heavy (non-hydrogen) atoms. The molecule has 2 amide bonds. The summed E-state index contributed by atoms with van der Waals surface area (Å²) in [6.45, 7) is 0.167. The SMILES string of the molecule is COc1cccc(O)c1C1C2=CCC3C(=O)N(Cc4ccccc4)C(=O)C3C2CC2C(=O)C(c3ccccc3)=CC(=O)C21c1ccccc1. The van der Waals surface area contributed by atoms with E-state index in [1.807, 2.05) is 97.1 Å². The van der Waals surface area contributed by atoms with Gasteiger partial charge >= 0.3 is 0 Å². The van der Waals surface area contributed by atoms with Gasteiger partial charge in [-0.3, -0.25) is 24.1 Å². The summed E-state index contributed by atoms with van der Waals surface area (Å²) >= 11 is 0. The van der Waals surface area contributed by atoms with Gasteiger partial charge in [-0.15, -0.1) is 0 Å². The molecule has 6 unspecified atom stereocenters. The van der Waals surface area contributed by atoms with E-state index in [1.54, 1.807) is 18.2 Å². The lowest BCUT2D eigenvalue weighted by atomic mass is 9.44. The molecule has 1 aliphatic heterocycles. The van der Waals surface area contributed by atoms with Crippen LogP contribution in [0.5, 0.6) is 11.5 Å². The Kier molecular flexibility index (Phi) is 7.43. The number of fused-ring (bicyclic) bond motifs is 4. The van der Waals surface area contributed by atoms with E-state index in [4.69, 9.17) is 4.74 Å². The number of ketones is 2. The van der Waals surface area contributed by atoms with Crippen LogP contribution in [-0.4, -0.2) is 40.5 Å². The van der Waals surface area contributed by atoms with Gasteiger partial charge in [0.1, 0.15) is 11.5 Å². The monoisotopic (exact) mass is 649 g/mol. The molecule has 0 bridgehead atoms. The molecule has 3 aliphatic carbocycles. The van der Waals surface area contributed by atoms with Crippen molar-refractivity contribution >= 4 is 29.0 Å². The quantitative estimate of drug-likeness (QED) is 0.191. The fourth-order valence-corrected chi connectivity index (χ4v) is 9.18. The van der Waals surface area contributed by atoms with Crippen molar-refractivity contribution in [1.29, 1.82) is 0 Å². The zero-order chi connectivity index (χ0) is 33.9. The van der Waals surface area contributed by atoms with Crippen LogP contribution in [0.15, 0.2) is 127 Å². The standard InChI is InChI=1S/C42H35NO6/c1-49-34-19-11-18-33(44)37(34)38-28-20-21-29-36(41(48)43(40(29)47)24-25-12-5-2-6-13-25)31(28)22-32-39(46)30(26-14-7-3-8-15-26)23-35(45)42(32,38)27-16-9-4-10-17-27/h2-20,23,29,31-32,36,38,44H,21-22,24H2,1H3. The van der Waals surface area contributed by atoms with E-state index >= 15 is 9.59 Å². The molecule has 6 atom stereocenters. The van der Waals surface area contributed by atoms with Crippen molar-refractivity contribution < 1.29 is 29.0 Å². The summed E-state index contributed by atoms with van der Waals surface area (Å²) in [6, 6.07) is 32.9. The van der Waals surface area contributed by atoms with Crippen LogP contribution in [0.25, 0.3) is 5.57 Å². The molecule has 1 saturated carbocycles. The highest BCUT2D eigenvalue weighted by molar-refractivity contribution is 6.31. The average molecular weight is 650 g/mol. The van der Waals surface area contributed by atoms with Crippen LogP contribution in [-0.2, 0) is 31.1 Å². The normalized spacial score (nSPS) is 27.5. The first-order valence-corrected chi connectivity index (χ1v) is 16.7. The largest absolute Gasteiger partial charge is 0.508 e. The number of likely N-dealkylation sites (tertiary alicyclic amines) is 1. The maximum atomic E-state index is 15.1. The molecule has 4 aromatic rings. The number of carbonyl (C=O) groups is 4. The minimum Gasteiger partial charge on any atom is -0.508 e. The van der Waals surface area contributed by atoms with E-state index in [1.165, 1.54) is 18.1 Å². The molecule has 1 saturated heterocycles. The average Bonchev–Trinajstić information content (AvgIpc) is 3.38. The van der Waals surface area contributed by atoms with Gasteiger partial charge in [-0.25, -0.2) is 0 Å². The van der Waals surface area contributed by atoms with Crippen molar-refractivity contribution in [1.82, 2.24) is 4.90 Å². The first kappa shape index (κ1) is 30.8. The second-order valence-electron chi connectivity index (χ2n) is 13.4. The number of ether oxygens (including phenoxy) is 1. The van der Waals surface area contributed by atoms with Crippen LogP contribution in [0, 0.1) is 23.7 Å². The summed E-state index contributed by atoms with van der Waals surface area (Å²) in [7, 11) is 1.51. The third kappa shape index (κ3) is 4.55. The van der Waals surface area contributed by atoms with Gasteiger partial charge in [0.25, 0.3) is 0 Å². The van der Waals surface area contributed by atoms with Gasteiger partial charge in [-0.1, -0.05) is 109 Å². The molecule has 4 aliphatic rings. The molecule has 1 heterocycles. The maximum Gasteiger partial charge on any atom is 0.234 e. The summed E-state index contributed by atoms with van der Waals surface area (Å²) in [4.78, 5) is 59.9. The molecular formula is C42H35NO6. The maximum absolute atomic E-state index is 15.1. The van der Waals surface area contributed by atoms with E-state index in [9.17, 15) is 14.7 Å². The minimum atomic E-state index is -1.45. The zero-order valence-electron chi connectivity index (χ0n) is 27.0. The molecular weight excluding hydrogens is 614 g/mol. The van der Waals surface area contributed by atoms with Crippen LogP contribution in [0.1, 0.15) is 41.0 Å². The zero-order valence-corrected chi connectivity index (χ0v) is 27.0. The number of rotatable bonds is 6. The fourth-order valence-electron chi connectivity index (χ4n) is 9.18. The number of benzene rings is 4. The number of Topliss-reactive ketones (excluding diaryl/α,β-unsaturated/α-hetero) is 1. The van der Waals surface area contributed by atoms with Crippen molar-refractivity contribution in [3.63, 3.8) is 0 Å². The molecule has 4 aromatic carbocycles. The lowest BCUT2D eigenvalue weighted by molar-refractivity contribution is -0.141. The van der Waals surface area contributed by atoms with E-state index in [-0.39, 0.29) is 42.1 Å². The van der Waals surface area contributed by atoms with Gasteiger partial charge < -0.3 is 9.84 Å². The Bertz CT molecular complexity index is 2050. The summed E-state index contributed by atoms with van der Waals surface area (Å²) in [6.07, 6.45) is 3.97. The van der Waals surface area contributed by atoms with Gasteiger partial charge in [-0.2, -0.15) is 0 Å². The number of aromatic hydroxyl groups is 1. The van der Waals surface area contributed by atoms with Gasteiger partial charge in [0.15, 0.2) is 11.6 Å². The van der Waals surface area contributed by atoms with Gasteiger partial charge in [0, 0.05) is 23.0 Å². The summed E-state index contributed by atoms with van der Waals surface area (Å²) in [5.41, 5.74) is 2.19. The topological polar surface area (TPSA) is 101 Å². The smallest absolute Gasteiger partial charge is 0.234 e. The second kappa shape index (κ2) is 11.8. The Morgan fingerprint density at radius 2 is 1.47 bits per heavy atom. The molecule has 2 fully saturated rings. The number of nitrogens with zero attached hydrogens (tertiary/aromatic N) is 1. The number of hydrogen-bond donors (Lipinski definition) is 1. The number of imide groups is 1. The first-order valence-electron chi connectivity index (χ1n) is 16.7. The number of carbonyl (C=O) groups excluding carboxylic acids is 4. The Hall–Kier alpha value is -5.56. The van der Waals surface area contributed by atoms with Crippen molar-refractivity contribution in [2.24, 2.45) is 23.7 Å². The Balaban J connectivity index is 1.36. The summed E-state index contributed by atoms with van der Waals surface area (Å²) in [5, 5.41) is 11.6. The highest BCUT2D eigenvalue weighted by Gasteiger charge is 2.66. The lowest BCUT2D eigenvalue weighted by Crippen LogP contribution is -2.58. The summed E-state index contributed by atoms with van der Waals surface area (Å²) in [5.74, 6) is -4.21. The van der Waals surface area contributed by atoms with Crippen molar-refractivity contribution in [3.05, 3.63) is 149 Å². The second-order valence-corrected chi connectivity index (χ2v) is 13.4. The van der Waals surface area contributed by atoms with Crippen LogP contribution in [0.4, 0.5) is 0 Å². The number of methoxy groups -OCH3 is 1. The molecule has 0 radical (unpaired) electrons. The summed E-state index contributed by atoms with van der Waals surface area (Å²) < 4.78 is 5.85. The fraction of sp³-hybridized carbons (Fsp3) is 0.238. The van der Waals surface area contributed by atoms with Crippen LogP contribution < -0.4 is 4.74 Å². The van der Waals surface area contributed by atoms with E-state index in [2.05, 4.69) is 0 Å². The van der Waals surface area contributed by atoms with Gasteiger partial charge in [-0.05, 0) is 53.7 Å². The van der Waals surface area contributed by atoms with E-state index < -0.39 is 35.0 Å². The van der Waals surface area contributed by atoms with Crippen LogP contribution in [0.3, 0.4) is 0 Å². The third-order valence-electron chi connectivity index (χ3n) is 11.2. The Morgan fingerprint density at radius 3 is 2.16 bits per heavy atom. The molecule has 7 heteroatoms. The predicted octanol–water partition coefficient (Wildman–Crippen LogP) is 6.43. The number of hydrogen-bond acceptors (Lipinski definition) is 6. The minimum absolute atomic E-state index is 0.0697. The molecule has 0 spiro atoms. The van der Waals surface area contributed by atoms with Crippen molar-refractivity contribution in [2.45, 2.75) is 30.7 Å². The Morgan fingerprint density at radius 1 is 0.796 bits per heavy atom. The number of amides is 2. The molecule has 0 aromatic heterocycles. The first-order chi connectivity index (χ1) is 23.9. The number of phenols is 1. The van der Waals surface area contributed by atoms with E-state index in [0.29, 0.717) is 34.4 Å². The highest BCUT2D eigenvalue weighted by atomic mass is 16.5. The third-order valence-corrected chi connectivity index (χ3v) is 11.2. The van der Waals surface area contributed by atoms with Crippen LogP contribution in [0.2, 0.25) is 0 Å². The molecule has 244 valence electrons. The number of allylic oxidation sites excluding steroid dienone is 4. The molecule has 8 rings (SSSR count). The highest BCUT2D eigenvalue weighted by Crippen LogP contribution is 2.65. The molecule has 7 nitrogen and oxygen atoms in total. The predicted molar refractivity (Wildman–Crippen MR) is 183 cm³/mol. The van der Waals surface area contributed by atoms with Gasteiger partial charge in [0.05, 0.1) is 30.9 Å². The van der Waals surface area contributed by atoms with Crippen molar-refractivity contribution in [3.8, 4) is 11.5 Å². The van der Waals surface area contributed by atoms with Crippen LogP contribution >= 0.6 is 0 Å².